The van der Waals surface area contributed by atoms with Gasteiger partial charge in [0.15, 0.2) is 0 Å². The summed E-state index contributed by atoms with van der Waals surface area (Å²) >= 11 is 0. The summed E-state index contributed by atoms with van der Waals surface area (Å²) in [6.45, 7) is 4.80. The molecule has 0 fully saturated rings. The molecule has 0 amide bonds. The van der Waals surface area contributed by atoms with Crippen molar-refractivity contribution in [3.63, 3.8) is 0 Å². The fraction of sp³-hybridized carbons (Fsp3) is 0.316. The second kappa shape index (κ2) is 6.93. The minimum Gasteiger partial charge on any atom is -0.489 e. The first-order valence-corrected chi connectivity index (χ1v) is 8.23. The van der Waals surface area contributed by atoms with E-state index in [0.717, 1.165) is 22.4 Å². The second-order valence-corrected chi connectivity index (χ2v) is 6.07. The minimum absolute atomic E-state index is 0.0762. The molecular formula is C19H23N3O2. The van der Waals surface area contributed by atoms with Crippen molar-refractivity contribution in [3.05, 3.63) is 42.5 Å². The van der Waals surface area contributed by atoms with Gasteiger partial charge in [-0.2, -0.15) is 0 Å². The Morgan fingerprint density at radius 1 is 1.21 bits per heavy atom. The Morgan fingerprint density at radius 2 is 2.00 bits per heavy atom. The van der Waals surface area contributed by atoms with Crippen LogP contribution in [-0.4, -0.2) is 27.4 Å². The maximum Gasteiger partial charge on any atom is 0.142 e. The number of nitrogens with zero attached hydrogens (tertiary/aromatic N) is 2. The zero-order valence-electron chi connectivity index (χ0n) is 14.1. The molecule has 0 atom stereocenters. The van der Waals surface area contributed by atoms with Gasteiger partial charge in [0.25, 0.3) is 0 Å². The number of aliphatic hydroxyl groups is 1. The van der Waals surface area contributed by atoms with Gasteiger partial charge in [0.2, 0.25) is 0 Å². The summed E-state index contributed by atoms with van der Waals surface area (Å²) in [6.07, 6.45) is 0.754. The van der Waals surface area contributed by atoms with Crippen molar-refractivity contribution in [1.29, 1.82) is 0 Å². The normalized spacial score (nSPS) is 11.3. The van der Waals surface area contributed by atoms with E-state index >= 15 is 0 Å². The van der Waals surface area contributed by atoms with Crippen molar-refractivity contribution in [2.75, 3.05) is 12.3 Å². The van der Waals surface area contributed by atoms with E-state index in [-0.39, 0.29) is 12.7 Å². The SMILES string of the molecule is CC(C)Oc1ccc(-c2nc3ccccc3n2CCCO)cc1N. The number of aliphatic hydroxyl groups excluding tert-OH is 1. The molecule has 3 rings (SSSR count). The van der Waals surface area contributed by atoms with Crippen molar-refractivity contribution >= 4 is 16.7 Å². The molecule has 5 nitrogen and oxygen atoms in total. The highest BCUT2D eigenvalue weighted by Gasteiger charge is 2.14. The molecule has 5 heteroatoms. The van der Waals surface area contributed by atoms with E-state index in [1.165, 1.54) is 0 Å². The molecular weight excluding hydrogens is 302 g/mol. The monoisotopic (exact) mass is 325 g/mol. The van der Waals surface area contributed by atoms with Crippen molar-refractivity contribution in [2.45, 2.75) is 32.9 Å². The van der Waals surface area contributed by atoms with Gasteiger partial charge in [0, 0.05) is 18.7 Å². The summed E-state index contributed by atoms with van der Waals surface area (Å²) in [7, 11) is 0. The Balaban J connectivity index is 2.06. The minimum atomic E-state index is 0.0762. The van der Waals surface area contributed by atoms with Gasteiger partial charge in [-0.25, -0.2) is 4.98 Å². The second-order valence-electron chi connectivity index (χ2n) is 6.07. The Morgan fingerprint density at radius 3 is 2.71 bits per heavy atom. The zero-order chi connectivity index (χ0) is 17.1. The fourth-order valence-electron chi connectivity index (χ4n) is 2.80. The van der Waals surface area contributed by atoms with Gasteiger partial charge in [-0.15, -0.1) is 0 Å². The molecule has 126 valence electrons. The number of para-hydroxylation sites is 2. The van der Waals surface area contributed by atoms with Crippen molar-refractivity contribution in [1.82, 2.24) is 9.55 Å². The highest BCUT2D eigenvalue weighted by atomic mass is 16.5. The van der Waals surface area contributed by atoms with Gasteiger partial charge < -0.3 is 20.1 Å². The number of hydrogen-bond donors (Lipinski definition) is 2. The van der Waals surface area contributed by atoms with Crippen LogP contribution in [0.3, 0.4) is 0 Å². The number of ether oxygens (including phenoxy) is 1. The van der Waals surface area contributed by atoms with Crippen LogP contribution in [0.2, 0.25) is 0 Å². The van der Waals surface area contributed by atoms with Crippen LogP contribution in [0.1, 0.15) is 20.3 Å². The van der Waals surface area contributed by atoms with Crippen molar-refractivity contribution in [3.8, 4) is 17.1 Å². The standard InChI is InChI=1S/C19H23N3O2/c1-13(2)24-18-9-8-14(12-15(18)20)19-21-16-6-3-4-7-17(16)22(19)10-5-11-23/h3-4,6-9,12-13,23H,5,10-11,20H2,1-2H3. The highest BCUT2D eigenvalue weighted by molar-refractivity contribution is 5.81. The van der Waals surface area contributed by atoms with Crippen LogP contribution in [0, 0.1) is 0 Å². The van der Waals surface area contributed by atoms with E-state index in [2.05, 4.69) is 4.57 Å². The lowest BCUT2D eigenvalue weighted by atomic mass is 10.1. The molecule has 0 aliphatic carbocycles. The lowest BCUT2D eigenvalue weighted by molar-refractivity contribution is 0.244. The molecule has 0 saturated heterocycles. The summed E-state index contributed by atoms with van der Waals surface area (Å²) in [5.74, 6) is 1.54. The van der Waals surface area contributed by atoms with E-state index < -0.39 is 0 Å². The maximum atomic E-state index is 9.19. The molecule has 0 aliphatic heterocycles. The average molecular weight is 325 g/mol. The molecule has 2 aromatic carbocycles. The molecule has 3 aromatic rings. The van der Waals surface area contributed by atoms with Gasteiger partial charge in [-0.1, -0.05) is 12.1 Å². The van der Waals surface area contributed by atoms with Crippen molar-refractivity contribution < 1.29 is 9.84 Å². The van der Waals surface area contributed by atoms with E-state index in [4.69, 9.17) is 15.5 Å². The topological polar surface area (TPSA) is 73.3 Å². The Labute approximate surface area is 141 Å². The Bertz CT molecular complexity index is 840. The quantitative estimate of drug-likeness (QED) is 0.681. The molecule has 0 radical (unpaired) electrons. The van der Waals surface area contributed by atoms with Crippen LogP contribution in [0.25, 0.3) is 22.4 Å². The first kappa shape index (κ1) is 16.3. The van der Waals surface area contributed by atoms with Crippen LogP contribution in [0.5, 0.6) is 5.75 Å². The third-order valence-electron chi connectivity index (χ3n) is 3.83. The number of aromatic nitrogens is 2. The van der Waals surface area contributed by atoms with Crippen LogP contribution in [0.15, 0.2) is 42.5 Å². The average Bonchev–Trinajstić information content (AvgIpc) is 2.93. The number of anilines is 1. The van der Waals surface area contributed by atoms with Crippen LogP contribution in [0.4, 0.5) is 5.69 Å². The van der Waals surface area contributed by atoms with Gasteiger partial charge in [0.1, 0.15) is 11.6 Å². The molecule has 0 saturated carbocycles. The summed E-state index contributed by atoms with van der Waals surface area (Å²) in [6, 6.07) is 13.8. The third-order valence-corrected chi connectivity index (χ3v) is 3.83. The lowest BCUT2D eigenvalue weighted by Gasteiger charge is -2.14. The van der Waals surface area contributed by atoms with E-state index in [0.29, 0.717) is 24.4 Å². The fourth-order valence-corrected chi connectivity index (χ4v) is 2.80. The van der Waals surface area contributed by atoms with Crippen LogP contribution >= 0.6 is 0 Å². The molecule has 3 N–H and O–H groups in total. The van der Waals surface area contributed by atoms with Crippen LogP contribution < -0.4 is 10.5 Å². The van der Waals surface area contributed by atoms with Gasteiger partial charge in [0.05, 0.1) is 22.8 Å². The van der Waals surface area contributed by atoms with Gasteiger partial charge in [-0.05, 0) is 50.6 Å². The molecule has 0 aliphatic rings. The predicted molar refractivity (Wildman–Crippen MR) is 97.0 cm³/mol. The number of fused-ring (bicyclic) bond motifs is 1. The van der Waals surface area contributed by atoms with Crippen LogP contribution in [-0.2, 0) is 6.54 Å². The van der Waals surface area contributed by atoms with Gasteiger partial charge in [-0.3, -0.25) is 0 Å². The van der Waals surface area contributed by atoms with E-state index in [1.54, 1.807) is 0 Å². The highest BCUT2D eigenvalue weighted by Crippen LogP contribution is 2.31. The number of benzene rings is 2. The van der Waals surface area contributed by atoms with E-state index in [1.807, 2.05) is 56.3 Å². The first-order chi connectivity index (χ1) is 11.6. The lowest BCUT2D eigenvalue weighted by Crippen LogP contribution is -2.08. The summed E-state index contributed by atoms with van der Waals surface area (Å²) < 4.78 is 7.83. The maximum absolute atomic E-state index is 9.19. The first-order valence-electron chi connectivity index (χ1n) is 8.23. The summed E-state index contributed by atoms with van der Waals surface area (Å²) in [4.78, 5) is 4.75. The number of rotatable bonds is 6. The summed E-state index contributed by atoms with van der Waals surface area (Å²) in [5.41, 5.74) is 9.68. The predicted octanol–water partition coefficient (Wildman–Crippen LogP) is 3.46. The molecule has 0 spiro atoms. The number of imidazole rings is 1. The largest absolute Gasteiger partial charge is 0.489 e. The number of nitrogen functional groups attached to an aromatic ring is 1. The Hall–Kier alpha value is -2.53. The Kier molecular flexibility index (Phi) is 4.71. The number of hydrogen-bond acceptors (Lipinski definition) is 4. The molecule has 1 aromatic heterocycles. The smallest absolute Gasteiger partial charge is 0.142 e. The van der Waals surface area contributed by atoms with E-state index in [9.17, 15) is 5.11 Å². The molecule has 0 bridgehead atoms. The molecule has 24 heavy (non-hydrogen) atoms. The molecule has 1 heterocycles. The zero-order valence-corrected chi connectivity index (χ0v) is 14.1. The number of aryl methyl sites for hydroxylation is 1. The molecule has 0 unspecified atom stereocenters. The summed E-state index contributed by atoms with van der Waals surface area (Å²) in [5, 5.41) is 9.19. The third kappa shape index (κ3) is 3.21. The van der Waals surface area contributed by atoms with Gasteiger partial charge >= 0.3 is 0 Å². The number of nitrogens with two attached hydrogens (primary N) is 1. The van der Waals surface area contributed by atoms with Crippen molar-refractivity contribution in [2.24, 2.45) is 0 Å².